The topological polar surface area (TPSA) is 55.1 Å². The van der Waals surface area contributed by atoms with Crippen molar-refractivity contribution in [3.63, 3.8) is 0 Å². The van der Waals surface area contributed by atoms with Gasteiger partial charge in [-0.1, -0.05) is 23.8 Å². The highest BCUT2D eigenvalue weighted by Gasteiger charge is 2.09. The van der Waals surface area contributed by atoms with E-state index in [4.69, 9.17) is 5.11 Å². The predicted octanol–water partition coefficient (Wildman–Crippen LogP) is 2.48. The highest BCUT2D eigenvalue weighted by Crippen LogP contribution is 2.14. The van der Waals surface area contributed by atoms with Gasteiger partial charge in [-0.15, -0.1) is 0 Å². The van der Waals surface area contributed by atoms with E-state index in [9.17, 15) is 4.79 Å². The SMILES string of the molecule is Cc1ccc(Cn2cc(CC(=O)O)nc2C)c(C)c1. The summed E-state index contributed by atoms with van der Waals surface area (Å²) in [7, 11) is 0. The van der Waals surface area contributed by atoms with Gasteiger partial charge < -0.3 is 9.67 Å². The smallest absolute Gasteiger partial charge is 0.309 e. The van der Waals surface area contributed by atoms with Crippen LogP contribution in [0.1, 0.15) is 28.2 Å². The molecule has 0 spiro atoms. The number of hydrogen-bond acceptors (Lipinski definition) is 2. The van der Waals surface area contributed by atoms with E-state index in [1.54, 1.807) is 0 Å². The van der Waals surface area contributed by atoms with Crippen LogP contribution in [-0.4, -0.2) is 20.6 Å². The number of carbonyl (C=O) groups is 1. The second-order valence-electron chi connectivity index (χ2n) is 4.91. The number of hydrogen-bond donors (Lipinski definition) is 1. The molecule has 4 heteroatoms. The number of aryl methyl sites for hydroxylation is 3. The summed E-state index contributed by atoms with van der Waals surface area (Å²) in [5.41, 5.74) is 4.32. The van der Waals surface area contributed by atoms with Crippen molar-refractivity contribution in [3.8, 4) is 0 Å². The van der Waals surface area contributed by atoms with Crippen LogP contribution in [0.5, 0.6) is 0 Å². The molecule has 0 atom stereocenters. The number of carboxylic acid groups (broad SMARTS) is 1. The van der Waals surface area contributed by atoms with Crippen molar-refractivity contribution in [2.24, 2.45) is 0 Å². The van der Waals surface area contributed by atoms with Crippen LogP contribution >= 0.6 is 0 Å². The molecule has 4 nitrogen and oxygen atoms in total. The Labute approximate surface area is 112 Å². The van der Waals surface area contributed by atoms with E-state index in [1.807, 2.05) is 17.7 Å². The molecule has 0 fully saturated rings. The number of benzene rings is 1. The molecule has 0 aliphatic carbocycles. The maximum absolute atomic E-state index is 10.7. The van der Waals surface area contributed by atoms with Gasteiger partial charge in [0, 0.05) is 12.7 Å². The van der Waals surface area contributed by atoms with Crippen LogP contribution in [0.4, 0.5) is 0 Å². The van der Waals surface area contributed by atoms with E-state index in [0.29, 0.717) is 5.69 Å². The van der Waals surface area contributed by atoms with E-state index in [0.717, 1.165) is 12.4 Å². The molecule has 0 aliphatic rings. The minimum absolute atomic E-state index is 0.0271. The molecular formula is C15H18N2O2. The first-order valence-electron chi connectivity index (χ1n) is 6.26. The largest absolute Gasteiger partial charge is 0.481 e. The van der Waals surface area contributed by atoms with Crippen LogP contribution < -0.4 is 0 Å². The van der Waals surface area contributed by atoms with E-state index in [2.05, 4.69) is 37.0 Å². The molecule has 1 heterocycles. The molecule has 0 amide bonds. The molecule has 0 bridgehead atoms. The van der Waals surface area contributed by atoms with Gasteiger partial charge in [0.2, 0.25) is 0 Å². The third-order valence-electron chi connectivity index (χ3n) is 3.20. The number of imidazole rings is 1. The first kappa shape index (κ1) is 13.3. The van der Waals surface area contributed by atoms with Crippen molar-refractivity contribution in [1.29, 1.82) is 0 Å². The van der Waals surface area contributed by atoms with Gasteiger partial charge in [-0.3, -0.25) is 4.79 Å². The summed E-state index contributed by atoms with van der Waals surface area (Å²) < 4.78 is 2.00. The first-order chi connectivity index (χ1) is 8.95. The zero-order valence-corrected chi connectivity index (χ0v) is 11.5. The van der Waals surface area contributed by atoms with Crippen molar-refractivity contribution in [2.45, 2.75) is 33.7 Å². The lowest BCUT2D eigenvalue weighted by molar-refractivity contribution is -0.136. The minimum Gasteiger partial charge on any atom is -0.481 e. The lowest BCUT2D eigenvalue weighted by atomic mass is 10.1. The molecule has 1 aromatic heterocycles. The molecule has 19 heavy (non-hydrogen) atoms. The molecule has 2 aromatic rings. The molecule has 100 valence electrons. The van der Waals surface area contributed by atoms with Gasteiger partial charge in [-0.2, -0.15) is 0 Å². The maximum atomic E-state index is 10.7. The number of rotatable bonds is 4. The van der Waals surface area contributed by atoms with E-state index >= 15 is 0 Å². The highest BCUT2D eigenvalue weighted by molar-refractivity contribution is 5.69. The van der Waals surface area contributed by atoms with Gasteiger partial charge in [0.1, 0.15) is 5.82 Å². The van der Waals surface area contributed by atoms with Crippen LogP contribution in [0.15, 0.2) is 24.4 Å². The van der Waals surface area contributed by atoms with Gasteiger partial charge >= 0.3 is 5.97 Å². The van der Waals surface area contributed by atoms with Gasteiger partial charge in [0.25, 0.3) is 0 Å². The third-order valence-corrected chi connectivity index (χ3v) is 3.20. The quantitative estimate of drug-likeness (QED) is 0.916. The fraction of sp³-hybridized carbons (Fsp3) is 0.333. The summed E-state index contributed by atoms with van der Waals surface area (Å²) in [5.74, 6) is -0.00704. The average molecular weight is 258 g/mol. The molecule has 0 unspecified atom stereocenters. The minimum atomic E-state index is -0.851. The fourth-order valence-corrected chi connectivity index (χ4v) is 2.18. The fourth-order valence-electron chi connectivity index (χ4n) is 2.18. The number of nitrogens with zero attached hydrogens (tertiary/aromatic N) is 2. The van der Waals surface area contributed by atoms with E-state index in [-0.39, 0.29) is 6.42 Å². The Morgan fingerprint density at radius 2 is 2.05 bits per heavy atom. The second-order valence-corrected chi connectivity index (χ2v) is 4.91. The normalized spacial score (nSPS) is 10.7. The summed E-state index contributed by atoms with van der Waals surface area (Å²) in [5, 5.41) is 8.78. The monoisotopic (exact) mass is 258 g/mol. The van der Waals surface area contributed by atoms with Crippen LogP contribution in [0.3, 0.4) is 0 Å². The Morgan fingerprint density at radius 3 is 2.68 bits per heavy atom. The van der Waals surface area contributed by atoms with Crippen molar-refractivity contribution < 1.29 is 9.90 Å². The summed E-state index contributed by atoms with van der Waals surface area (Å²) in [4.78, 5) is 15.0. The van der Waals surface area contributed by atoms with Gasteiger partial charge in [0.15, 0.2) is 0 Å². The van der Waals surface area contributed by atoms with Crippen molar-refractivity contribution in [2.75, 3.05) is 0 Å². The van der Waals surface area contributed by atoms with Crippen molar-refractivity contribution >= 4 is 5.97 Å². The van der Waals surface area contributed by atoms with Crippen molar-refractivity contribution in [3.05, 3.63) is 52.6 Å². The second kappa shape index (κ2) is 5.26. The van der Waals surface area contributed by atoms with Gasteiger partial charge in [-0.25, -0.2) is 4.98 Å². The molecule has 1 aromatic carbocycles. The Hall–Kier alpha value is -2.10. The van der Waals surface area contributed by atoms with Crippen LogP contribution in [0.2, 0.25) is 0 Å². The lowest BCUT2D eigenvalue weighted by Crippen LogP contribution is -2.02. The van der Waals surface area contributed by atoms with E-state index < -0.39 is 5.97 Å². The summed E-state index contributed by atoms with van der Waals surface area (Å²) in [6, 6.07) is 6.35. The summed E-state index contributed by atoms with van der Waals surface area (Å²) in [6.45, 7) is 6.79. The Bertz CT molecular complexity index is 615. The van der Waals surface area contributed by atoms with E-state index in [1.165, 1.54) is 16.7 Å². The van der Waals surface area contributed by atoms with Gasteiger partial charge in [0.05, 0.1) is 12.1 Å². The first-order valence-corrected chi connectivity index (χ1v) is 6.26. The number of aromatic nitrogens is 2. The molecule has 1 N–H and O–H groups in total. The average Bonchev–Trinajstić information content (AvgIpc) is 2.62. The highest BCUT2D eigenvalue weighted by atomic mass is 16.4. The Morgan fingerprint density at radius 1 is 1.32 bits per heavy atom. The number of carboxylic acids is 1. The van der Waals surface area contributed by atoms with Gasteiger partial charge in [-0.05, 0) is 31.9 Å². The van der Waals surface area contributed by atoms with Crippen LogP contribution in [0.25, 0.3) is 0 Å². The zero-order valence-electron chi connectivity index (χ0n) is 11.5. The van der Waals surface area contributed by atoms with Crippen LogP contribution in [0, 0.1) is 20.8 Å². The molecule has 2 rings (SSSR count). The van der Waals surface area contributed by atoms with Crippen LogP contribution in [-0.2, 0) is 17.8 Å². The maximum Gasteiger partial charge on any atom is 0.309 e. The molecule has 0 aliphatic heterocycles. The predicted molar refractivity (Wildman–Crippen MR) is 73.3 cm³/mol. The summed E-state index contributed by atoms with van der Waals surface area (Å²) >= 11 is 0. The molecular weight excluding hydrogens is 240 g/mol. The summed E-state index contributed by atoms with van der Waals surface area (Å²) in [6.07, 6.45) is 1.80. The number of aliphatic carboxylic acids is 1. The van der Waals surface area contributed by atoms with Crippen molar-refractivity contribution in [1.82, 2.24) is 9.55 Å². The zero-order chi connectivity index (χ0) is 14.0. The molecule has 0 saturated carbocycles. The standard InChI is InChI=1S/C15H18N2O2/c1-10-4-5-13(11(2)6-10)8-17-9-14(7-15(18)19)16-12(17)3/h4-6,9H,7-8H2,1-3H3,(H,18,19). The third kappa shape index (κ3) is 3.22. The Balaban J connectivity index is 2.23. The molecule has 0 radical (unpaired) electrons. The lowest BCUT2D eigenvalue weighted by Gasteiger charge is -2.09. The molecule has 0 saturated heterocycles. The Kier molecular flexibility index (Phi) is 3.69.